The number of rotatable bonds is 4. The van der Waals surface area contributed by atoms with Gasteiger partial charge in [-0.1, -0.05) is 20.8 Å². The Kier molecular flexibility index (Phi) is 3.74. The standard InChI is InChI=1S/C11H19N3/c1-4-10(8(2)3)14-11-7-9(12)5-6-13-11/h5-8,10H,4H2,1-3H3,(H3,12,13,14). The number of nitrogens with zero attached hydrogens (tertiary/aromatic N) is 1. The minimum absolute atomic E-state index is 0.462. The molecule has 0 aliphatic heterocycles. The molecule has 3 heteroatoms. The molecule has 0 saturated heterocycles. The summed E-state index contributed by atoms with van der Waals surface area (Å²) < 4.78 is 0. The van der Waals surface area contributed by atoms with Crippen molar-refractivity contribution in [2.45, 2.75) is 33.2 Å². The molecule has 3 nitrogen and oxygen atoms in total. The molecule has 0 spiro atoms. The number of pyridine rings is 1. The van der Waals surface area contributed by atoms with Gasteiger partial charge in [-0.15, -0.1) is 0 Å². The molecule has 0 fully saturated rings. The summed E-state index contributed by atoms with van der Waals surface area (Å²) in [6.45, 7) is 6.57. The van der Waals surface area contributed by atoms with Crippen molar-refractivity contribution in [2.24, 2.45) is 5.92 Å². The molecule has 0 aliphatic rings. The van der Waals surface area contributed by atoms with Crippen LogP contribution < -0.4 is 11.1 Å². The molecule has 0 aromatic carbocycles. The summed E-state index contributed by atoms with van der Waals surface area (Å²) in [5, 5.41) is 3.38. The Hall–Kier alpha value is -1.25. The molecule has 1 aromatic rings. The van der Waals surface area contributed by atoms with Gasteiger partial charge in [-0.05, 0) is 18.4 Å². The second-order valence-electron chi connectivity index (χ2n) is 3.88. The number of nitrogens with one attached hydrogen (secondary N) is 1. The van der Waals surface area contributed by atoms with Gasteiger partial charge in [-0.2, -0.15) is 0 Å². The van der Waals surface area contributed by atoms with Crippen molar-refractivity contribution >= 4 is 11.5 Å². The molecular weight excluding hydrogens is 174 g/mol. The number of hydrogen-bond donors (Lipinski definition) is 2. The first-order chi connectivity index (χ1) is 6.63. The Labute approximate surface area is 85.7 Å². The largest absolute Gasteiger partial charge is 0.399 e. The van der Waals surface area contributed by atoms with E-state index in [0.717, 1.165) is 17.9 Å². The van der Waals surface area contributed by atoms with E-state index in [1.807, 2.05) is 6.07 Å². The second kappa shape index (κ2) is 4.84. The van der Waals surface area contributed by atoms with E-state index in [0.29, 0.717) is 12.0 Å². The summed E-state index contributed by atoms with van der Waals surface area (Å²) in [7, 11) is 0. The first-order valence-electron chi connectivity index (χ1n) is 5.11. The smallest absolute Gasteiger partial charge is 0.128 e. The molecule has 0 aliphatic carbocycles. The molecule has 1 aromatic heterocycles. The lowest BCUT2D eigenvalue weighted by molar-refractivity contribution is 0.510. The zero-order valence-corrected chi connectivity index (χ0v) is 9.12. The predicted molar refractivity (Wildman–Crippen MR) is 61.2 cm³/mol. The van der Waals surface area contributed by atoms with Gasteiger partial charge in [0.2, 0.25) is 0 Å². The average molecular weight is 193 g/mol. The van der Waals surface area contributed by atoms with E-state index < -0.39 is 0 Å². The normalized spacial score (nSPS) is 12.9. The fraction of sp³-hybridized carbons (Fsp3) is 0.545. The van der Waals surface area contributed by atoms with Crippen molar-refractivity contribution in [1.29, 1.82) is 0 Å². The Balaban J connectivity index is 2.67. The van der Waals surface area contributed by atoms with Crippen molar-refractivity contribution in [3.8, 4) is 0 Å². The van der Waals surface area contributed by atoms with Gasteiger partial charge in [0, 0.05) is 24.0 Å². The van der Waals surface area contributed by atoms with Crippen LogP contribution in [0.3, 0.4) is 0 Å². The van der Waals surface area contributed by atoms with Crippen LogP contribution in [0, 0.1) is 5.92 Å². The zero-order valence-electron chi connectivity index (χ0n) is 9.12. The minimum Gasteiger partial charge on any atom is -0.399 e. The van der Waals surface area contributed by atoms with Crippen LogP contribution in [0.25, 0.3) is 0 Å². The van der Waals surface area contributed by atoms with E-state index in [1.165, 1.54) is 0 Å². The Morgan fingerprint density at radius 2 is 2.21 bits per heavy atom. The van der Waals surface area contributed by atoms with Crippen LogP contribution in [0.2, 0.25) is 0 Å². The van der Waals surface area contributed by atoms with Crippen LogP contribution in [0.5, 0.6) is 0 Å². The molecule has 1 rings (SSSR count). The summed E-state index contributed by atoms with van der Waals surface area (Å²) in [6, 6.07) is 4.12. The number of aromatic nitrogens is 1. The highest BCUT2D eigenvalue weighted by molar-refractivity contribution is 5.48. The van der Waals surface area contributed by atoms with Gasteiger partial charge in [-0.25, -0.2) is 4.98 Å². The van der Waals surface area contributed by atoms with Crippen LogP contribution in [-0.4, -0.2) is 11.0 Å². The second-order valence-corrected chi connectivity index (χ2v) is 3.88. The van der Waals surface area contributed by atoms with Crippen LogP contribution in [0.1, 0.15) is 27.2 Å². The molecule has 1 heterocycles. The van der Waals surface area contributed by atoms with Crippen molar-refractivity contribution in [2.75, 3.05) is 11.1 Å². The summed E-state index contributed by atoms with van der Waals surface area (Å²) in [5.74, 6) is 1.47. The van der Waals surface area contributed by atoms with E-state index in [4.69, 9.17) is 5.73 Å². The van der Waals surface area contributed by atoms with Gasteiger partial charge in [0.1, 0.15) is 5.82 Å². The van der Waals surface area contributed by atoms with E-state index in [2.05, 4.69) is 31.1 Å². The summed E-state index contributed by atoms with van der Waals surface area (Å²) in [6.07, 6.45) is 2.82. The maximum atomic E-state index is 5.67. The molecule has 1 atom stereocenters. The maximum Gasteiger partial charge on any atom is 0.128 e. The van der Waals surface area contributed by atoms with Gasteiger partial charge in [0.05, 0.1) is 0 Å². The lowest BCUT2D eigenvalue weighted by Gasteiger charge is -2.21. The van der Waals surface area contributed by atoms with Crippen molar-refractivity contribution in [3.05, 3.63) is 18.3 Å². The van der Waals surface area contributed by atoms with Gasteiger partial charge in [-0.3, -0.25) is 0 Å². The lowest BCUT2D eigenvalue weighted by Crippen LogP contribution is -2.25. The third kappa shape index (κ3) is 2.91. The summed E-state index contributed by atoms with van der Waals surface area (Å²) >= 11 is 0. The molecule has 14 heavy (non-hydrogen) atoms. The fourth-order valence-electron chi connectivity index (χ4n) is 1.46. The van der Waals surface area contributed by atoms with E-state index in [9.17, 15) is 0 Å². The van der Waals surface area contributed by atoms with Gasteiger partial charge < -0.3 is 11.1 Å². The van der Waals surface area contributed by atoms with Crippen molar-refractivity contribution in [1.82, 2.24) is 4.98 Å². The highest BCUT2D eigenvalue weighted by atomic mass is 15.0. The van der Waals surface area contributed by atoms with Gasteiger partial charge >= 0.3 is 0 Å². The molecule has 1 unspecified atom stereocenters. The molecule has 0 radical (unpaired) electrons. The Morgan fingerprint density at radius 1 is 1.50 bits per heavy atom. The van der Waals surface area contributed by atoms with Crippen LogP contribution >= 0.6 is 0 Å². The minimum atomic E-state index is 0.462. The highest BCUT2D eigenvalue weighted by Crippen LogP contribution is 2.14. The molecule has 78 valence electrons. The Bertz CT molecular complexity index is 284. The zero-order chi connectivity index (χ0) is 10.6. The monoisotopic (exact) mass is 193 g/mol. The number of nitrogens with two attached hydrogens (primary N) is 1. The number of anilines is 2. The fourth-order valence-corrected chi connectivity index (χ4v) is 1.46. The number of nitrogen functional groups attached to an aromatic ring is 1. The molecular formula is C11H19N3. The highest BCUT2D eigenvalue weighted by Gasteiger charge is 2.10. The average Bonchev–Trinajstić information content (AvgIpc) is 2.14. The molecule has 3 N–H and O–H groups in total. The lowest BCUT2D eigenvalue weighted by atomic mass is 10.0. The van der Waals surface area contributed by atoms with E-state index in [1.54, 1.807) is 12.3 Å². The van der Waals surface area contributed by atoms with Crippen LogP contribution in [0.4, 0.5) is 11.5 Å². The van der Waals surface area contributed by atoms with E-state index in [-0.39, 0.29) is 0 Å². The first-order valence-corrected chi connectivity index (χ1v) is 5.11. The van der Waals surface area contributed by atoms with Crippen LogP contribution in [-0.2, 0) is 0 Å². The molecule has 0 amide bonds. The third-order valence-electron chi connectivity index (χ3n) is 2.36. The van der Waals surface area contributed by atoms with Gasteiger partial charge in [0.25, 0.3) is 0 Å². The summed E-state index contributed by atoms with van der Waals surface area (Å²) in [5.41, 5.74) is 6.42. The maximum absolute atomic E-state index is 5.67. The first kappa shape index (κ1) is 10.8. The number of hydrogen-bond acceptors (Lipinski definition) is 3. The molecule has 0 saturated carbocycles. The van der Waals surface area contributed by atoms with Crippen molar-refractivity contribution < 1.29 is 0 Å². The van der Waals surface area contributed by atoms with E-state index >= 15 is 0 Å². The topological polar surface area (TPSA) is 50.9 Å². The van der Waals surface area contributed by atoms with Crippen molar-refractivity contribution in [3.63, 3.8) is 0 Å². The summed E-state index contributed by atoms with van der Waals surface area (Å²) in [4.78, 5) is 4.22. The quantitative estimate of drug-likeness (QED) is 0.772. The molecule has 0 bridgehead atoms. The predicted octanol–water partition coefficient (Wildman–Crippen LogP) is 2.51. The Morgan fingerprint density at radius 3 is 2.71 bits per heavy atom. The third-order valence-corrected chi connectivity index (χ3v) is 2.36. The van der Waals surface area contributed by atoms with Gasteiger partial charge in [0.15, 0.2) is 0 Å². The SMILES string of the molecule is CCC(Nc1cc(N)ccn1)C(C)C. The van der Waals surface area contributed by atoms with Crippen LogP contribution in [0.15, 0.2) is 18.3 Å².